The van der Waals surface area contributed by atoms with E-state index in [-0.39, 0.29) is 12.5 Å². The predicted molar refractivity (Wildman–Crippen MR) is 332 cm³/mol. The summed E-state index contributed by atoms with van der Waals surface area (Å²) in [6, 6.07) is -0.828. The second kappa shape index (κ2) is 57.8. The minimum Gasteiger partial charge on any atom is -0.394 e. The van der Waals surface area contributed by atoms with Gasteiger partial charge in [0.05, 0.1) is 25.4 Å². The summed E-state index contributed by atoms with van der Waals surface area (Å²) in [6.07, 6.45) is 74.3. The third-order valence-electron chi connectivity index (χ3n) is 15.5. The number of nitrogens with one attached hydrogen (secondary N) is 1. The number of hydrogen-bond acceptors (Lipinski definition) is 8. The first-order valence-electron chi connectivity index (χ1n) is 33.2. The van der Waals surface area contributed by atoms with Gasteiger partial charge in [0.15, 0.2) is 6.29 Å². The van der Waals surface area contributed by atoms with Gasteiger partial charge in [-0.25, -0.2) is 0 Å². The number of unbranched alkanes of at least 4 members (excludes halogenated alkanes) is 37. The number of rotatable bonds is 57. The first kappa shape index (κ1) is 73.6. The van der Waals surface area contributed by atoms with E-state index in [9.17, 15) is 30.3 Å². The number of carbonyl (C=O) groups excluding carboxylic acids is 1. The fraction of sp³-hybridized carbons (Fsp3) is 0.812. The first-order chi connectivity index (χ1) is 38.3. The molecule has 6 N–H and O–H groups in total. The molecule has 9 nitrogen and oxygen atoms in total. The van der Waals surface area contributed by atoms with Crippen molar-refractivity contribution in [3.8, 4) is 0 Å². The van der Waals surface area contributed by atoms with Gasteiger partial charge in [-0.2, -0.15) is 0 Å². The van der Waals surface area contributed by atoms with Gasteiger partial charge in [0.1, 0.15) is 24.4 Å². The van der Waals surface area contributed by atoms with Gasteiger partial charge in [0, 0.05) is 6.42 Å². The van der Waals surface area contributed by atoms with Gasteiger partial charge >= 0.3 is 0 Å². The van der Waals surface area contributed by atoms with Crippen molar-refractivity contribution in [2.45, 2.75) is 346 Å². The Balaban J connectivity index is 2.18. The zero-order valence-electron chi connectivity index (χ0n) is 50.7. The summed E-state index contributed by atoms with van der Waals surface area (Å²) in [7, 11) is 0. The van der Waals surface area contributed by atoms with Crippen LogP contribution in [0.4, 0.5) is 0 Å². The van der Waals surface area contributed by atoms with Crippen LogP contribution in [0.3, 0.4) is 0 Å². The fourth-order valence-corrected chi connectivity index (χ4v) is 10.3. The van der Waals surface area contributed by atoms with Crippen LogP contribution >= 0.6 is 0 Å². The van der Waals surface area contributed by atoms with Crippen LogP contribution < -0.4 is 5.32 Å². The number of aliphatic hydroxyl groups is 5. The maximum atomic E-state index is 13.1. The molecule has 0 radical (unpaired) electrons. The molecule has 9 heteroatoms. The molecule has 0 aromatic rings. The van der Waals surface area contributed by atoms with Gasteiger partial charge in [-0.05, 0) is 70.6 Å². The van der Waals surface area contributed by atoms with Crippen molar-refractivity contribution in [2.24, 2.45) is 0 Å². The van der Waals surface area contributed by atoms with Crippen molar-refractivity contribution in [1.29, 1.82) is 0 Å². The van der Waals surface area contributed by atoms with E-state index in [2.05, 4.69) is 79.9 Å². The van der Waals surface area contributed by atoms with Crippen LogP contribution in [0.15, 0.2) is 72.9 Å². The molecular weight excluding hydrogens is 971 g/mol. The maximum absolute atomic E-state index is 13.1. The molecule has 1 saturated heterocycles. The molecule has 0 aliphatic carbocycles. The largest absolute Gasteiger partial charge is 0.394 e. The van der Waals surface area contributed by atoms with Crippen molar-refractivity contribution < 1.29 is 39.8 Å². The summed E-state index contributed by atoms with van der Waals surface area (Å²) in [4.78, 5) is 13.1. The Hall–Kier alpha value is -2.37. The molecule has 1 aliphatic rings. The standard InChI is InChI=1S/C69H125NO8/c1-3-5-7-9-11-13-15-17-19-21-23-25-27-29-30-31-32-33-35-36-38-40-42-44-46-48-50-52-54-56-58-63(72)62(61-77-69-68(76)67(75)66(74)64(60-71)78-69)70-65(73)59-57-55-53-51-49-47-45-43-41-39-37-34-28-26-24-22-20-18-16-14-12-10-8-6-4-2/h6,8,12,14,18,20,24,26,48,50,56,58,62-64,66-69,71-72,74-76H,3-5,7,9-11,13,15-17,19,21-23,25,27-47,49,51-55,57,59-61H2,1-2H3,(H,70,73)/b8-6-,14-12-,20-18-,26-24-,50-48+,58-56+. The van der Waals surface area contributed by atoms with Crippen LogP contribution in [0.1, 0.15) is 303 Å². The maximum Gasteiger partial charge on any atom is 0.220 e. The van der Waals surface area contributed by atoms with Crippen LogP contribution in [0, 0.1) is 0 Å². The van der Waals surface area contributed by atoms with Crippen LogP contribution in [-0.2, 0) is 14.3 Å². The number of ether oxygens (including phenoxy) is 2. The zero-order chi connectivity index (χ0) is 56.5. The highest BCUT2D eigenvalue weighted by molar-refractivity contribution is 5.76. The highest BCUT2D eigenvalue weighted by atomic mass is 16.7. The fourth-order valence-electron chi connectivity index (χ4n) is 10.3. The van der Waals surface area contributed by atoms with Crippen LogP contribution in [0.25, 0.3) is 0 Å². The molecule has 1 aliphatic heterocycles. The summed E-state index contributed by atoms with van der Waals surface area (Å²) in [6.45, 7) is 3.68. The molecule has 78 heavy (non-hydrogen) atoms. The van der Waals surface area contributed by atoms with Crippen LogP contribution in [0.2, 0.25) is 0 Å². The Morgan fingerprint density at radius 2 is 0.808 bits per heavy atom. The van der Waals surface area contributed by atoms with Crippen molar-refractivity contribution >= 4 is 5.91 Å². The molecule has 1 fully saturated rings. The highest BCUT2D eigenvalue weighted by Crippen LogP contribution is 2.23. The third kappa shape index (κ3) is 46.3. The van der Waals surface area contributed by atoms with E-state index in [1.165, 1.54) is 218 Å². The molecule has 0 bridgehead atoms. The monoisotopic (exact) mass is 1100 g/mol. The summed E-state index contributed by atoms with van der Waals surface area (Å²) in [5.41, 5.74) is 0. The lowest BCUT2D eigenvalue weighted by Crippen LogP contribution is -2.60. The topological polar surface area (TPSA) is 149 Å². The SMILES string of the molecule is CC/C=C\C/C=C\C/C=C\C/C=C\CCCCCCCCCCCCCCC(=O)NC(COC1OC(CO)C(O)C(O)C1O)C(O)/C=C/CC/C=C/CCCCCCCCCCCCCCCCCCCCCCCCCC. The smallest absolute Gasteiger partial charge is 0.220 e. The number of amides is 1. The number of aliphatic hydroxyl groups excluding tert-OH is 5. The average molecular weight is 1100 g/mol. The van der Waals surface area contributed by atoms with Gasteiger partial charge in [0.25, 0.3) is 0 Å². The van der Waals surface area contributed by atoms with E-state index >= 15 is 0 Å². The molecule has 1 heterocycles. The third-order valence-corrected chi connectivity index (χ3v) is 15.5. The molecule has 0 aromatic heterocycles. The molecular formula is C69H125NO8. The summed E-state index contributed by atoms with van der Waals surface area (Å²) >= 11 is 0. The second-order valence-corrected chi connectivity index (χ2v) is 22.9. The molecule has 7 atom stereocenters. The molecule has 0 aromatic carbocycles. The molecule has 0 spiro atoms. The van der Waals surface area contributed by atoms with Crippen molar-refractivity contribution in [3.63, 3.8) is 0 Å². The van der Waals surface area contributed by atoms with Crippen molar-refractivity contribution in [2.75, 3.05) is 13.2 Å². The quantitative estimate of drug-likeness (QED) is 0.0261. The predicted octanol–water partition coefficient (Wildman–Crippen LogP) is 17.6. The molecule has 1 rings (SSSR count). The van der Waals surface area contributed by atoms with E-state index in [0.717, 1.165) is 64.2 Å². The van der Waals surface area contributed by atoms with Gasteiger partial charge in [-0.1, -0.05) is 299 Å². The van der Waals surface area contributed by atoms with Gasteiger partial charge in [-0.15, -0.1) is 0 Å². The Labute approximate surface area is 480 Å². The number of hydrogen-bond donors (Lipinski definition) is 6. The highest BCUT2D eigenvalue weighted by Gasteiger charge is 2.44. The normalized spacial score (nSPS) is 19.1. The second-order valence-electron chi connectivity index (χ2n) is 22.9. The molecule has 454 valence electrons. The lowest BCUT2D eigenvalue weighted by atomic mass is 9.99. The Kier molecular flexibility index (Phi) is 54.6. The van der Waals surface area contributed by atoms with Crippen molar-refractivity contribution in [1.82, 2.24) is 5.32 Å². The summed E-state index contributed by atoms with van der Waals surface area (Å²) < 4.78 is 11.3. The van der Waals surface area contributed by atoms with Crippen molar-refractivity contribution in [3.05, 3.63) is 72.9 Å². The molecule has 7 unspecified atom stereocenters. The van der Waals surface area contributed by atoms with Crippen LogP contribution in [-0.4, -0.2) is 87.5 Å². The van der Waals surface area contributed by atoms with E-state index in [1.54, 1.807) is 6.08 Å². The lowest BCUT2D eigenvalue weighted by molar-refractivity contribution is -0.302. The van der Waals surface area contributed by atoms with E-state index in [1.807, 2.05) is 6.08 Å². The van der Waals surface area contributed by atoms with E-state index < -0.39 is 49.5 Å². The summed E-state index contributed by atoms with van der Waals surface area (Å²) in [5.74, 6) is -0.188. The van der Waals surface area contributed by atoms with Gasteiger partial charge in [0.2, 0.25) is 5.91 Å². The van der Waals surface area contributed by atoms with E-state index in [0.29, 0.717) is 6.42 Å². The van der Waals surface area contributed by atoms with Gasteiger partial charge in [-0.3, -0.25) is 4.79 Å². The Morgan fingerprint density at radius 1 is 0.449 bits per heavy atom. The van der Waals surface area contributed by atoms with Crippen LogP contribution in [0.5, 0.6) is 0 Å². The zero-order valence-corrected chi connectivity index (χ0v) is 50.7. The molecule has 0 saturated carbocycles. The van der Waals surface area contributed by atoms with Gasteiger partial charge < -0.3 is 40.3 Å². The van der Waals surface area contributed by atoms with E-state index in [4.69, 9.17) is 9.47 Å². The average Bonchev–Trinajstić information content (AvgIpc) is 3.45. The Morgan fingerprint density at radius 3 is 1.23 bits per heavy atom. The lowest BCUT2D eigenvalue weighted by Gasteiger charge is -2.40. The first-order valence-corrected chi connectivity index (χ1v) is 33.2. The number of carbonyl (C=O) groups is 1. The Bertz CT molecular complexity index is 1460. The minimum atomic E-state index is -1.58. The molecule has 1 amide bonds. The number of allylic oxidation sites excluding steroid dienone is 11. The summed E-state index contributed by atoms with van der Waals surface area (Å²) in [5, 5.41) is 54.7. The minimum absolute atomic E-state index is 0.188.